The van der Waals surface area contributed by atoms with E-state index in [0.29, 0.717) is 47.2 Å². The third-order valence-corrected chi connectivity index (χ3v) is 10.5. The van der Waals surface area contributed by atoms with E-state index in [-0.39, 0.29) is 23.2 Å². The number of esters is 1. The Bertz CT molecular complexity index is 711. The number of Topliss-reactive ketones (excluding diaryl/α,β-unsaturated/α-hetero) is 1. The van der Waals surface area contributed by atoms with Crippen LogP contribution in [0.1, 0.15) is 85.5 Å². The second kappa shape index (κ2) is 8.10. The van der Waals surface area contributed by atoms with E-state index in [9.17, 15) is 9.59 Å². The Morgan fingerprint density at radius 1 is 1.13 bits per heavy atom. The number of methoxy groups -OCH3 is 1. The first-order valence-corrected chi connectivity index (χ1v) is 12.5. The highest BCUT2D eigenvalue weighted by Crippen LogP contribution is 2.68. The van der Waals surface area contributed by atoms with Crippen molar-refractivity contribution in [2.24, 2.45) is 52.3 Å². The zero-order valence-electron chi connectivity index (χ0n) is 19.8. The van der Waals surface area contributed by atoms with Gasteiger partial charge < -0.3 is 4.74 Å². The lowest BCUT2D eigenvalue weighted by atomic mass is 9.42. The van der Waals surface area contributed by atoms with Crippen molar-refractivity contribution in [1.29, 1.82) is 0 Å². The van der Waals surface area contributed by atoms with Crippen LogP contribution < -0.4 is 0 Å². The number of fused-ring (bicyclic) bond motifs is 5. The van der Waals surface area contributed by atoms with Crippen LogP contribution in [0.5, 0.6) is 0 Å². The lowest BCUT2D eigenvalue weighted by molar-refractivity contribution is -0.163. The maximum atomic E-state index is 13.9. The number of hydrogen-bond donors (Lipinski definition) is 0. The Morgan fingerprint density at radius 2 is 1.87 bits per heavy atom. The second-order valence-electron chi connectivity index (χ2n) is 11.5. The van der Waals surface area contributed by atoms with Gasteiger partial charge in [-0.25, -0.2) is 0 Å². The molecule has 0 heterocycles. The SMILES string of the molecule is CC[C@H]1C(=O)[C@@H]2[C@H](CC[C@]3(C)[C@@H]([C@H](C)CCC(=O)OC)CC[C@@H]23)[C@@]2(C)CC=CC[C@@H]12. The molecule has 4 aliphatic rings. The van der Waals surface area contributed by atoms with E-state index in [1.165, 1.54) is 32.8 Å². The molecule has 0 aromatic heterocycles. The van der Waals surface area contributed by atoms with Gasteiger partial charge in [-0.2, -0.15) is 0 Å². The fourth-order valence-corrected chi connectivity index (χ4v) is 8.88. The quantitative estimate of drug-likeness (QED) is 0.396. The highest BCUT2D eigenvalue weighted by atomic mass is 16.5. The molecule has 3 nitrogen and oxygen atoms in total. The third kappa shape index (κ3) is 3.21. The molecule has 0 bridgehead atoms. The van der Waals surface area contributed by atoms with Crippen LogP contribution in [0.25, 0.3) is 0 Å². The number of carbonyl (C=O) groups is 2. The van der Waals surface area contributed by atoms with Crippen molar-refractivity contribution in [1.82, 2.24) is 0 Å². The summed E-state index contributed by atoms with van der Waals surface area (Å²) in [5.74, 6) is 3.80. The fraction of sp³-hybridized carbons (Fsp3) is 0.852. The van der Waals surface area contributed by atoms with Crippen molar-refractivity contribution in [3.8, 4) is 0 Å². The molecule has 3 heteroatoms. The van der Waals surface area contributed by atoms with Crippen LogP contribution in [-0.2, 0) is 14.3 Å². The van der Waals surface area contributed by atoms with Crippen molar-refractivity contribution in [2.75, 3.05) is 7.11 Å². The maximum absolute atomic E-state index is 13.9. The minimum absolute atomic E-state index is 0.0946. The number of allylic oxidation sites excluding steroid dienone is 2. The van der Waals surface area contributed by atoms with Gasteiger partial charge in [-0.1, -0.05) is 39.8 Å². The van der Waals surface area contributed by atoms with E-state index >= 15 is 0 Å². The van der Waals surface area contributed by atoms with Crippen molar-refractivity contribution < 1.29 is 14.3 Å². The molecule has 0 spiro atoms. The summed E-state index contributed by atoms with van der Waals surface area (Å²) >= 11 is 0. The van der Waals surface area contributed by atoms with Crippen molar-refractivity contribution in [3.63, 3.8) is 0 Å². The van der Waals surface area contributed by atoms with Crippen LogP contribution in [0.2, 0.25) is 0 Å². The van der Waals surface area contributed by atoms with Crippen molar-refractivity contribution in [2.45, 2.75) is 85.5 Å². The third-order valence-electron chi connectivity index (χ3n) is 10.5. The molecule has 3 saturated carbocycles. The molecule has 0 N–H and O–H groups in total. The smallest absolute Gasteiger partial charge is 0.305 e. The Kier molecular flexibility index (Phi) is 5.96. The molecule has 0 unspecified atom stereocenters. The molecule has 0 aromatic rings. The molecule has 30 heavy (non-hydrogen) atoms. The highest BCUT2D eigenvalue weighted by Gasteiger charge is 2.64. The Hall–Kier alpha value is -1.12. The van der Waals surface area contributed by atoms with Crippen molar-refractivity contribution >= 4 is 11.8 Å². The van der Waals surface area contributed by atoms with Crippen LogP contribution in [-0.4, -0.2) is 18.9 Å². The van der Waals surface area contributed by atoms with Crippen LogP contribution in [0.4, 0.5) is 0 Å². The summed E-state index contributed by atoms with van der Waals surface area (Å²) in [7, 11) is 1.48. The first-order valence-electron chi connectivity index (χ1n) is 12.5. The predicted octanol–water partition coefficient (Wildman–Crippen LogP) is 6.22. The summed E-state index contributed by atoms with van der Waals surface area (Å²) in [5, 5.41) is 0. The van der Waals surface area contributed by atoms with E-state index in [4.69, 9.17) is 4.74 Å². The lowest BCUT2D eigenvalue weighted by Crippen LogP contribution is -2.59. The maximum Gasteiger partial charge on any atom is 0.305 e. The molecule has 0 aromatic carbocycles. The second-order valence-corrected chi connectivity index (χ2v) is 11.5. The monoisotopic (exact) mass is 414 g/mol. The standard InChI is InChI=1S/C27H42O3/c1-6-18-20-9-7-8-15-26(20,3)22-14-16-27(4)19(17(2)10-13-23(28)30-5)11-12-21(27)24(22)25(18)29/h7-8,17-22,24H,6,9-16H2,1-5H3/t17-,18-,19-,20+,21+,22+,24+,26+,27-/m1/s1. The topological polar surface area (TPSA) is 43.4 Å². The summed E-state index contributed by atoms with van der Waals surface area (Å²) in [5.41, 5.74) is 0.544. The van der Waals surface area contributed by atoms with Gasteiger partial charge >= 0.3 is 5.97 Å². The number of carbonyl (C=O) groups excluding carboxylic acids is 2. The van der Waals surface area contributed by atoms with Gasteiger partial charge in [-0.05, 0) is 91.8 Å². The number of ketones is 1. The Balaban J connectivity index is 1.60. The van der Waals surface area contributed by atoms with Gasteiger partial charge in [0, 0.05) is 18.3 Å². The average Bonchev–Trinajstić information content (AvgIpc) is 3.09. The minimum atomic E-state index is -0.0946. The van der Waals surface area contributed by atoms with Gasteiger partial charge in [0.1, 0.15) is 5.78 Å². The molecular formula is C27H42O3. The van der Waals surface area contributed by atoms with Gasteiger partial charge in [0.25, 0.3) is 0 Å². The highest BCUT2D eigenvalue weighted by molar-refractivity contribution is 5.86. The van der Waals surface area contributed by atoms with Crippen molar-refractivity contribution in [3.05, 3.63) is 12.2 Å². The predicted molar refractivity (Wildman–Crippen MR) is 120 cm³/mol. The van der Waals surface area contributed by atoms with Crippen LogP contribution >= 0.6 is 0 Å². The van der Waals surface area contributed by atoms with E-state index in [1.54, 1.807) is 0 Å². The van der Waals surface area contributed by atoms with Gasteiger partial charge in [0.05, 0.1) is 7.11 Å². The molecule has 0 saturated heterocycles. The fourth-order valence-electron chi connectivity index (χ4n) is 8.88. The summed E-state index contributed by atoms with van der Waals surface area (Å²) < 4.78 is 4.88. The lowest BCUT2D eigenvalue weighted by Gasteiger charge is -2.61. The van der Waals surface area contributed by atoms with Crippen LogP contribution in [0, 0.1) is 52.3 Å². The molecule has 4 aliphatic carbocycles. The molecule has 4 rings (SSSR count). The number of hydrogen-bond acceptors (Lipinski definition) is 3. The molecule has 0 aliphatic heterocycles. The zero-order valence-corrected chi connectivity index (χ0v) is 19.8. The largest absolute Gasteiger partial charge is 0.469 e. The van der Waals surface area contributed by atoms with Crippen LogP contribution in [0.15, 0.2) is 12.2 Å². The van der Waals surface area contributed by atoms with Gasteiger partial charge in [0.15, 0.2) is 0 Å². The van der Waals surface area contributed by atoms with E-state index < -0.39 is 0 Å². The number of ether oxygens (including phenoxy) is 1. The van der Waals surface area contributed by atoms with Gasteiger partial charge in [-0.15, -0.1) is 0 Å². The van der Waals surface area contributed by atoms with E-state index in [1.807, 2.05) is 0 Å². The summed E-state index contributed by atoms with van der Waals surface area (Å²) in [4.78, 5) is 25.6. The van der Waals surface area contributed by atoms with Gasteiger partial charge in [-0.3, -0.25) is 9.59 Å². The van der Waals surface area contributed by atoms with Gasteiger partial charge in [0.2, 0.25) is 0 Å². The molecule has 9 atom stereocenters. The molecule has 0 amide bonds. The van der Waals surface area contributed by atoms with E-state index in [0.717, 1.165) is 25.7 Å². The summed E-state index contributed by atoms with van der Waals surface area (Å²) in [6.45, 7) is 9.57. The summed E-state index contributed by atoms with van der Waals surface area (Å²) in [6.07, 6.45) is 14.3. The summed E-state index contributed by atoms with van der Waals surface area (Å²) in [6, 6.07) is 0. The Labute approximate surface area is 183 Å². The minimum Gasteiger partial charge on any atom is -0.469 e. The normalized spacial score (nSPS) is 46.0. The molecular weight excluding hydrogens is 372 g/mol. The first-order chi connectivity index (χ1) is 14.3. The van der Waals surface area contributed by atoms with E-state index in [2.05, 4.69) is 39.8 Å². The first kappa shape index (κ1) is 22.1. The molecule has 0 radical (unpaired) electrons. The molecule has 3 fully saturated rings. The molecule has 168 valence electrons. The average molecular weight is 415 g/mol. The van der Waals surface area contributed by atoms with Crippen LogP contribution in [0.3, 0.4) is 0 Å². The zero-order chi connectivity index (χ0) is 21.7. The number of rotatable bonds is 5. The Morgan fingerprint density at radius 3 is 2.57 bits per heavy atom.